The number of halogens is 2. The molecule has 4 aromatic rings. The molecule has 0 radical (unpaired) electrons. The number of ether oxygens (including phenoxy) is 1. The van der Waals surface area contributed by atoms with Gasteiger partial charge in [0.25, 0.3) is 0 Å². The Bertz CT molecular complexity index is 1350. The van der Waals surface area contributed by atoms with E-state index in [1.54, 1.807) is 23.1 Å². The van der Waals surface area contributed by atoms with Crippen molar-refractivity contribution in [2.45, 2.75) is 13.5 Å². The van der Waals surface area contributed by atoms with Gasteiger partial charge in [-0.05, 0) is 42.4 Å². The van der Waals surface area contributed by atoms with Gasteiger partial charge in [0.2, 0.25) is 0 Å². The number of benzene rings is 2. The second kappa shape index (κ2) is 10.3. The Morgan fingerprint density at radius 2 is 2.00 bits per heavy atom. The Labute approximate surface area is 210 Å². The zero-order valence-electron chi connectivity index (χ0n) is 18.3. The van der Waals surface area contributed by atoms with E-state index in [0.29, 0.717) is 32.9 Å². The van der Waals surface area contributed by atoms with Crippen LogP contribution in [0.5, 0.6) is 0 Å². The highest BCUT2D eigenvalue weighted by molar-refractivity contribution is 7.80. The zero-order chi connectivity index (χ0) is 24.2. The number of aromatic nitrogens is 2. The molecule has 2 N–H and O–H groups in total. The molecule has 2 heterocycles. The van der Waals surface area contributed by atoms with Crippen LogP contribution in [-0.4, -0.2) is 28.0 Å². The Balaban J connectivity index is 1.51. The van der Waals surface area contributed by atoms with Crippen molar-refractivity contribution in [3.63, 3.8) is 0 Å². The predicted octanol–water partition coefficient (Wildman–Crippen LogP) is 6.36. The fourth-order valence-corrected chi connectivity index (χ4v) is 5.07. The standard InChI is InChI=1S/C24H20ClFN4O2S2/c1-14-20(15-6-4-3-5-7-15)21(23(31)32-2)22(34-14)29-24(33)28-18-11-27-30(13-18)12-16-8-9-17(26)10-19(16)25/h3-11,13H,12H2,1-2H3,(H2,28,29,33). The fourth-order valence-electron chi connectivity index (χ4n) is 3.49. The molecule has 6 nitrogen and oxygen atoms in total. The van der Waals surface area contributed by atoms with E-state index in [-0.39, 0.29) is 0 Å². The molecular formula is C24H20ClFN4O2S2. The molecule has 0 aliphatic carbocycles. The van der Waals surface area contributed by atoms with Crippen molar-refractivity contribution in [3.8, 4) is 11.1 Å². The Hall–Kier alpha value is -3.27. The second-order valence-corrected chi connectivity index (χ2v) is 9.38. The average molecular weight is 515 g/mol. The molecule has 4 rings (SSSR count). The monoisotopic (exact) mass is 514 g/mol. The summed E-state index contributed by atoms with van der Waals surface area (Å²) >= 11 is 13.0. The molecule has 0 atom stereocenters. The fraction of sp³-hybridized carbons (Fsp3) is 0.125. The number of aryl methyl sites for hydroxylation is 1. The molecule has 2 aromatic carbocycles. The van der Waals surface area contributed by atoms with Crippen molar-refractivity contribution in [3.05, 3.63) is 87.8 Å². The van der Waals surface area contributed by atoms with E-state index >= 15 is 0 Å². The summed E-state index contributed by atoms with van der Waals surface area (Å²) in [5, 5.41) is 11.7. The minimum atomic E-state index is -0.447. The number of thiocarbonyl (C=S) groups is 1. The SMILES string of the molecule is COC(=O)c1c(NC(=S)Nc2cnn(Cc3ccc(F)cc3Cl)c2)sc(C)c1-c1ccccc1. The molecule has 0 saturated carbocycles. The van der Waals surface area contributed by atoms with E-state index in [4.69, 9.17) is 28.6 Å². The highest BCUT2D eigenvalue weighted by Crippen LogP contribution is 2.40. The van der Waals surface area contributed by atoms with Gasteiger partial charge >= 0.3 is 5.97 Å². The normalized spacial score (nSPS) is 10.7. The van der Waals surface area contributed by atoms with Crippen molar-refractivity contribution < 1.29 is 13.9 Å². The number of nitrogens with zero attached hydrogens (tertiary/aromatic N) is 2. The zero-order valence-corrected chi connectivity index (χ0v) is 20.7. The highest BCUT2D eigenvalue weighted by Gasteiger charge is 2.24. The molecule has 0 bridgehead atoms. The third kappa shape index (κ3) is 5.27. The van der Waals surface area contributed by atoms with Crippen LogP contribution in [0.15, 0.2) is 60.9 Å². The highest BCUT2D eigenvalue weighted by atomic mass is 35.5. The quantitative estimate of drug-likeness (QED) is 0.230. The van der Waals surface area contributed by atoms with Crippen molar-refractivity contribution in [2.24, 2.45) is 0 Å². The first kappa shape index (κ1) is 23.9. The van der Waals surface area contributed by atoms with E-state index in [1.165, 1.54) is 30.6 Å². The van der Waals surface area contributed by atoms with Gasteiger partial charge in [-0.25, -0.2) is 9.18 Å². The summed E-state index contributed by atoms with van der Waals surface area (Å²) in [6.45, 7) is 2.32. The third-order valence-electron chi connectivity index (χ3n) is 5.00. The molecule has 2 aromatic heterocycles. The minimum Gasteiger partial charge on any atom is -0.465 e. The van der Waals surface area contributed by atoms with Crippen molar-refractivity contribution in [2.75, 3.05) is 17.7 Å². The molecule has 34 heavy (non-hydrogen) atoms. The lowest BCUT2D eigenvalue weighted by Crippen LogP contribution is -2.19. The lowest BCUT2D eigenvalue weighted by atomic mass is 10.0. The molecule has 0 saturated heterocycles. The second-order valence-electron chi connectivity index (χ2n) is 7.34. The Morgan fingerprint density at radius 1 is 1.24 bits per heavy atom. The van der Waals surface area contributed by atoms with Gasteiger partial charge < -0.3 is 15.4 Å². The molecule has 0 amide bonds. The van der Waals surface area contributed by atoms with Crippen LogP contribution in [0.3, 0.4) is 0 Å². The van der Waals surface area contributed by atoms with Gasteiger partial charge in [0.05, 0.1) is 25.5 Å². The number of hydrogen-bond acceptors (Lipinski definition) is 5. The number of carbonyl (C=O) groups is 1. The lowest BCUT2D eigenvalue weighted by Gasteiger charge is -2.10. The van der Waals surface area contributed by atoms with Gasteiger partial charge in [-0.3, -0.25) is 4.68 Å². The van der Waals surface area contributed by atoms with Gasteiger partial charge in [0.15, 0.2) is 5.11 Å². The van der Waals surface area contributed by atoms with Crippen LogP contribution in [0.1, 0.15) is 20.8 Å². The van der Waals surface area contributed by atoms with Gasteiger partial charge in [-0.2, -0.15) is 5.10 Å². The third-order valence-corrected chi connectivity index (χ3v) is 6.58. The maximum absolute atomic E-state index is 13.3. The number of rotatable bonds is 6. The summed E-state index contributed by atoms with van der Waals surface area (Å²) in [5.41, 5.74) is 3.55. The van der Waals surface area contributed by atoms with Crippen LogP contribution < -0.4 is 10.6 Å². The van der Waals surface area contributed by atoms with Crippen LogP contribution in [-0.2, 0) is 11.3 Å². The van der Waals surface area contributed by atoms with Crippen LogP contribution in [0.25, 0.3) is 11.1 Å². The first-order valence-corrected chi connectivity index (χ1v) is 11.8. The Kier molecular flexibility index (Phi) is 7.26. The van der Waals surface area contributed by atoms with Gasteiger partial charge in [0, 0.05) is 21.7 Å². The first-order valence-electron chi connectivity index (χ1n) is 10.2. The summed E-state index contributed by atoms with van der Waals surface area (Å²) in [4.78, 5) is 13.6. The maximum atomic E-state index is 13.3. The number of anilines is 2. The van der Waals surface area contributed by atoms with E-state index < -0.39 is 11.8 Å². The smallest absolute Gasteiger partial charge is 0.341 e. The molecule has 174 valence electrons. The minimum absolute atomic E-state index is 0.297. The molecule has 0 fully saturated rings. The lowest BCUT2D eigenvalue weighted by molar-refractivity contribution is 0.0603. The van der Waals surface area contributed by atoms with E-state index in [9.17, 15) is 9.18 Å². The van der Waals surface area contributed by atoms with Crippen LogP contribution >= 0.6 is 35.2 Å². The number of methoxy groups -OCH3 is 1. The summed E-state index contributed by atoms with van der Waals surface area (Å²) in [6.07, 6.45) is 3.37. The van der Waals surface area contributed by atoms with Crippen molar-refractivity contribution >= 4 is 56.9 Å². The molecule has 10 heteroatoms. The summed E-state index contributed by atoms with van der Waals surface area (Å²) in [5.74, 6) is -0.837. The average Bonchev–Trinajstić information content (AvgIpc) is 3.38. The number of carbonyl (C=O) groups excluding carboxylic acids is 1. The Morgan fingerprint density at radius 3 is 2.71 bits per heavy atom. The summed E-state index contributed by atoms with van der Waals surface area (Å²) in [6, 6.07) is 13.9. The number of thiophene rings is 1. The van der Waals surface area contributed by atoms with E-state index in [2.05, 4.69) is 15.7 Å². The molecular weight excluding hydrogens is 495 g/mol. The number of nitrogens with one attached hydrogen (secondary N) is 2. The van der Waals surface area contributed by atoms with Gasteiger partial charge in [-0.1, -0.05) is 48.0 Å². The van der Waals surface area contributed by atoms with E-state index in [0.717, 1.165) is 21.6 Å². The van der Waals surface area contributed by atoms with Crippen molar-refractivity contribution in [1.82, 2.24) is 9.78 Å². The summed E-state index contributed by atoms with van der Waals surface area (Å²) in [7, 11) is 1.35. The van der Waals surface area contributed by atoms with Crippen LogP contribution in [0, 0.1) is 12.7 Å². The molecule has 0 aliphatic rings. The number of esters is 1. The predicted molar refractivity (Wildman–Crippen MR) is 138 cm³/mol. The number of hydrogen-bond donors (Lipinski definition) is 2. The largest absolute Gasteiger partial charge is 0.465 e. The van der Waals surface area contributed by atoms with Gasteiger partial charge in [0.1, 0.15) is 16.4 Å². The topological polar surface area (TPSA) is 68.2 Å². The molecule has 0 aliphatic heterocycles. The van der Waals surface area contributed by atoms with Gasteiger partial charge in [-0.15, -0.1) is 11.3 Å². The molecule has 0 spiro atoms. The summed E-state index contributed by atoms with van der Waals surface area (Å²) < 4.78 is 20.0. The molecule has 0 unspecified atom stereocenters. The van der Waals surface area contributed by atoms with E-state index in [1.807, 2.05) is 37.3 Å². The first-order chi connectivity index (χ1) is 16.4. The van der Waals surface area contributed by atoms with Crippen LogP contribution in [0.2, 0.25) is 5.02 Å². The van der Waals surface area contributed by atoms with Crippen LogP contribution in [0.4, 0.5) is 15.1 Å². The van der Waals surface area contributed by atoms with Crippen molar-refractivity contribution in [1.29, 1.82) is 0 Å². The maximum Gasteiger partial charge on any atom is 0.341 e.